The zero-order valence-corrected chi connectivity index (χ0v) is 8.87. The summed E-state index contributed by atoms with van der Waals surface area (Å²) in [5, 5.41) is 25.6. The number of hydroxylamine groups is 1. The Hall–Kier alpha value is -2.35. The number of aliphatic hydroxyl groups excluding tert-OH is 1. The number of hydrogen-bond acceptors (Lipinski definition) is 5. The van der Waals surface area contributed by atoms with E-state index in [1.54, 1.807) is 12.1 Å². The minimum atomic E-state index is -1.05. The second-order valence-electron chi connectivity index (χ2n) is 3.12. The number of nitrogens with two attached hydrogens (primary N) is 1. The first-order valence-corrected chi connectivity index (χ1v) is 4.71. The van der Waals surface area contributed by atoms with Gasteiger partial charge in [-0.1, -0.05) is 12.1 Å². The molecule has 0 aliphatic rings. The molecule has 0 fully saturated rings. The van der Waals surface area contributed by atoms with Crippen LogP contribution in [0.3, 0.4) is 0 Å². The Morgan fingerprint density at radius 2 is 2.12 bits per heavy atom. The lowest BCUT2D eigenvalue weighted by atomic mass is 10.1. The summed E-state index contributed by atoms with van der Waals surface area (Å²) in [6, 6.07) is 6.33. The number of rotatable bonds is 5. The van der Waals surface area contributed by atoms with Crippen molar-refractivity contribution in [2.24, 2.45) is 5.73 Å². The van der Waals surface area contributed by atoms with Gasteiger partial charge in [-0.2, -0.15) is 4.94 Å². The van der Waals surface area contributed by atoms with Gasteiger partial charge in [-0.25, -0.2) is 0 Å². The molecule has 1 rings (SSSR count). The average molecular weight is 240 g/mol. The number of guanidine groups is 1. The van der Waals surface area contributed by atoms with Crippen LogP contribution in [0.1, 0.15) is 5.56 Å². The molecule has 8 heteroatoms. The van der Waals surface area contributed by atoms with E-state index in [0.717, 1.165) is 5.56 Å². The molecule has 0 atom stereocenters. The highest BCUT2D eigenvalue weighted by Crippen LogP contribution is 2.15. The molecule has 1 aromatic rings. The highest BCUT2D eigenvalue weighted by molar-refractivity contribution is 5.90. The third kappa shape index (κ3) is 3.61. The first-order valence-electron chi connectivity index (χ1n) is 4.71. The van der Waals surface area contributed by atoms with Crippen molar-refractivity contribution in [3.8, 4) is 0 Å². The van der Waals surface area contributed by atoms with Crippen molar-refractivity contribution in [2.45, 2.75) is 6.42 Å². The van der Waals surface area contributed by atoms with Gasteiger partial charge < -0.3 is 10.8 Å². The second kappa shape index (κ2) is 5.66. The highest BCUT2D eigenvalue weighted by Gasteiger charge is 2.13. The van der Waals surface area contributed by atoms with Gasteiger partial charge in [-0.05, 0) is 24.1 Å². The SMILES string of the molecule is N=C(N)N(O[N+](=O)[O-])c1ccc(CCO)cc1. The minimum absolute atomic E-state index is 0.0150. The van der Waals surface area contributed by atoms with Crippen molar-refractivity contribution in [3.05, 3.63) is 39.9 Å². The predicted molar refractivity (Wildman–Crippen MR) is 59.7 cm³/mol. The number of aliphatic hydroxyl groups is 1. The van der Waals surface area contributed by atoms with Crippen LogP contribution in [0.4, 0.5) is 5.69 Å². The van der Waals surface area contributed by atoms with Crippen molar-refractivity contribution in [2.75, 3.05) is 11.7 Å². The van der Waals surface area contributed by atoms with Crippen molar-refractivity contribution >= 4 is 11.6 Å². The second-order valence-corrected chi connectivity index (χ2v) is 3.12. The van der Waals surface area contributed by atoms with Crippen LogP contribution in [0.2, 0.25) is 0 Å². The predicted octanol–water partition coefficient (Wildman–Crippen LogP) is 0.0446. The van der Waals surface area contributed by atoms with Crippen LogP contribution >= 0.6 is 0 Å². The summed E-state index contributed by atoms with van der Waals surface area (Å²) >= 11 is 0. The molecule has 0 aromatic heterocycles. The van der Waals surface area contributed by atoms with E-state index in [9.17, 15) is 10.1 Å². The van der Waals surface area contributed by atoms with Gasteiger partial charge in [-0.15, -0.1) is 15.2 Å². The van der Waals surface area contributed by atoms with E-state index in [-0.39, 0.29) is 12.3 Å². The number of nitrogens with one attached hydrogen (secondary N) is 1. The Bertz CT molecular complexity index is 406. The summed E-state index contributed by atoms with van der Waals surface area (Å²) in [6.07, 6.45) is 0.483. The minimum Gasteiger partial charge on any atom is -0.396 e. The zero-order chi connectivity index (χ0) is 12.8. The van der Waals surface area contributed by atoms with Gasteiger partial charge in [0.1, 0.15) is 0 Å². The normalized spacial score (nSPS) is 9.71. The fraction of sp³-hybridized carbons (Fsp3) is 0.222. The summed E-state index contributed by atoms with van der Waals surface area (Å²) in [5.41, 5.74) is 6.28. The molecule has 0 radical (unpaired) electrons. The molecule has 1 aromatic carbocycles. The van der Waals surface area contributed by atoms with Gasteiger partial charge in [0, 0.05) is 6.61 Å². The van der Waals surface area contributed by atoms with Crippen LogP contribution in [0.15, 0.2) is 24.3 Å². The molecule has 0 saturated heterocycles. The van der Waals surface area contributed by atoms with E-state index in [2.05, 4.69) is 4.94 Å². The summed E-state index contributed by atoms with van der Waals surface area (Å²) in [7, 11) is 0. The smallest absolute Gasteiger partial charge is 0.317 e. The maximum absolute atomic E-state index is 10.2. The number of nitrogens with zero attached hydrogens (tertiary/aromatic N) is 2. The van der Waals surface area contributed by atoms with E-state index in [4.69, 9.17) is 16.2 Å². The summed E-state index contributed by atoms with van der Waals surface area (Å²) in [4.78, 5) is 14.4. The van der Waals surface area contributed by atoms with E-state index in [1.165, 1.54) is 12.1 Å². The van der Waals surface area contributed by atoms with E-state index in [1.807, 2.05) is 0 Å². The average Bonchev–Trinajstić information content (AvgIpc) is 2.27. The lowest BCUT2D eigenvalue weighted by Gasteiger charge is -2.18. The van der Waals surface area contributed by atoms with Crippen LogP contribution in [-0.4, -0.2) is 22.8 Å². The quantitative estimate of drug-likeness (QED) is 0.289. The molecule has 0 heterocycles. The third-order valence-electron chi connectivity index (χ3n) is 1.94. The van der Waals surface area contributed by atoms with Gasteiger partial charge in [0.2, 0.25) is 5.96 Å². The Morgan fingerprint density at radius 1 is 1.53 bits per heavy atom. The molecule has 0 bridgehead atoms. The molecular formula is C9H12N4O4. The van der Waals surface area contributed by atoms with Gasteiger partial charge in [0.15, 0.2) is 0 Å². The van der Waals surface area contributed by atoms with Crippen LogP contribution < -0.4 is 10.8 Å². The van der Waals surface area contributed by atoms with Crippen molar-refractivity contribution in [1.82, 2.24) is 0 Å². The molecule has 17 heavy (non-hydrogen) atoms. The van der Waals surface area contributed by atoms with Gasteiger partial charge in [0.05, 0.1) is 5.69 Å². The topological polar surface area (TPSA) is 126 Å². The van der Waals surface area contributed by atoms with E-state index < -0.39 is 11.0 Å². The lowest BCUT2D eigenvalue weighted by molar-refractivity contribution is -0.758. The summed E-state index contributed by atoms with van der Waals surface area (Å²) in [6.45, 7) is 0.0150. The maximum atomic E-state index is 10.2. The summed E-state index contributed by atoms with van der Waals surface area (Å²) < 4.78 is 0. The fourth-order valence-corrected chi connectivity index (χ4v) is 1.22. The fourth-order valence-electron chi connectivity index (χ4n) is 1.22. The summed E-state index contributed by atoms with van der Waals surface area (Å²) in [5.74, 6) is -0.600. The maximum Gasteiger partial charge on any atom is 0.317 e. The molecular weight excluding hydrogens is 228 g/mol. The lowest BCUT2D eigenvalue weighted by Crippen LogP contribution is -2.38. The Labute approximate surface area is 96.8 Å². The van der Waals surface area contributed by atoms with Crippen LogP contribution in [-0.2, 0) is 11.4 Å². The van der Waals surface area contributed by atoms with Crippen molar-refractivity contribution in [1.29, 1.82) is 5.41 Å². The first-order chi connectivity index (χ1) is 8.04. The Kier molecular flexibility index (Phi) is 4.23. The molecule has 0 aliphatic carbocycles. The highest BCUT2D eigenvalue weighted by atomic mass is 17.0. The number of benzene rings is 1. The van der Waals surface area contributed by atoms with Crippen LogP contribution in [0.25, 0.3) is 0 Å². The van der Waals surface area contributed by atoms with Crippen LogP contribution in [0.5, 0.6) is 0 Å². The van der Waals surface area contributed by atoms with Crippen molar-refractivity contribution in [3.63, 3.8) is 0 Å². The molecule has 0 unspecified atom stereocenters. The molecule has 0 spiro atoms. The third-order valence-corrected chi connectivity index (χ3v) is 1.94. The first kappa shape index (κ1) is 12.7. The molecule has 0 amide bonds. The van der Waals surface area contributed by atoms with Crippen molar-refractivity contribution < 1.29 is 15.1 Å². The zero-order valence-electron chi connectivity index (χ0n) is 8.87. The van der Waals surface area contributed by atoms with E-state index >= 15 is 0 Å². The van der Waals surface area contributed by atoms with E-state index in [0.29, 0.717) is 11.5 Å². The molecule has 0 saturated carbocycles. The van der Waals surface area contributed by atoms with Gasteiger partial charge in [0.25, 0.3) is 0 Å². The Balaban J connectivity index is 2.87. The van der Waals surface area contributed by atoms with Gasteiger partial charge in [-0.3, -0.25) is 5.41 Å². The molecule has 8 nitrogen and oxygen atoms in total. The molecule has 0 aliphatic heterocycles. The largest absolute Gasteiger partial charge is 0.396 e. The van der Waals surface area contributed by atoms with Gasteiger partial charge >= 0.3 is 5.09 Å². The monoisotopic (exact) mass is 240 g/mol. The standard InChI is InChI=1S/C9H12N4O4/c10-9(11)12(17-13(15)16)8-3-1-7(2-4-8)5-6-14/h1-4,14H,5-6H2,(H3,10,11). The van der Waals surface area contributed by atoms with Crippen LogP contribution in [0, 0.1) is 15.5 Å². The molecule has 92 valence electrons. The number of hydrogen-bond donors (Lipinski definition) is 3. The Morgan fingerprint density at radius 3 is 2.53 bits per heavy atom. The number of anilines is 1. The molecule has 4 N–H and O–H groups in total.